The highest BCUT2D eigenvalue weighted by molar-refractivity contribution is 5.79. The number of ether oxygens (including phenoxy) is 1. The average molecular weight is 291 g/mol. The molecule has 116 valence electrons. The Morgan fingerprint density at radius 2 is 2.14 bits per heavy atom. The number of hydrogen-bond acceptors (Lipinski definition) is 3. The van der Waals surface area contributed by atoms with Gasteiger partial charge in [0.15, 0.2) is 0 Å². The third-order valence-electron chi connectivity index (χ3n) is 4.40. The summed E-state index contributed by atoms with van der Waals surface area (Å²) in [7, 11) is 1.62. The number of aliphatic hydroxyl groups excluding tert-OH is 1. The van der Waals surface area contributed by atoms with Crippen LogP contribution < -0.4 is 10.1 Å². The van der Waals surface area contributed by atoms with Crippen LogP contribution in [0, 0.1) is 18.8 Å². The van der Waals surface area contributed by atoms with Gasteiger partial charge >= 0.3 is 0 Å². The van der Waals surface area contributed by atoms with E-state index >= 15 is 0 Å². The summed E-state index contributed by atoms with van der Waals surface area (Å²) in [5.74, 6) is 1.53. The minimum Gasteiger partial charge on any atom is -0.496 e. The molecule has 4 heteroatoms. The van der Waals surface area contributed by atoms with E-state index in [-0.39, 0.29) is 12.5 Å². The molecule has 1 aliphatic rings. The zero-order valence-corrected chi connectivity index (χ0v) is 12.9. The Bertz CT molecular complexity index is 487. The highest BCUT2D eigenvalue weighted by Crippen LogP contribution is 2.30. The lowest BCUT2D eigenvalue weighted by molar-refractivity contribution is -0.120. The molecule has 0 bridgehead atoms. The Morgan fingerprint density at radius 3 is 2.86 bits per heavy atom. The highest BCUT2D eigenvalue weighted by Gasteiger charge is 2.26. The van der Waals surface area contributed by atoms with Crippen LogP contribution in [0.25, 0.3) is 0 Å². The Hall–Kier alpha value is -1.55. The first-order chi connectivity index (χ1) is 10.1. The van der Waals surface area contributed by atoms with Crippen LogP contribution in [-0.2, 0) is 11.2 Å². The Labute approximate surface area is 126 Å². The molecule has 2 atom stereocenters. The molecular weight excluding hydrogens is 266 g/mol. The molecule has 0 aliphatic heterocycles. The lowest BCUT2D eigenvalue weighted by Crippen LogP contribution is -2.32. The second-order valence-electron chi connectivity index (χ2n) is 5.93. The molecule has 1 aromatic rings. The third-order valence-corrected chi connectivity index (χ3v) is 4.40. The summed E-state index contributed by atoms with van der Waals surface area (Å²) in [6.45, 7) is 2.90. The summed E-state index contributed by atoms with van der Waals surface area (Å²) >= 11 is 0. The van der Waals surface area contributed by atoms with Gasteiger partial charge in [-0.3, -0.25) is 4.79 Å². The summed E-state index contributed by atoms with van der Waals surface area (Å²) in [5.41, 5.74) is 2.04. The molecule has 4 nitrogen and oxygen atoms in total. The maximum atomic E-state index is 12.1. The molecule has 1 aliphatic carbocycles. The fourth-order valence-electron chi connectivity index (χ4n) is 3.15. The van der Waals surface area contributed by atoms with Crippen LogP contribution in [0.1, 0.15) is 30.4 Å². The van der Waals surface area contributed by atoms with Crippen LogP contribution in [0.15, 0.2) is 18.2 Å². The number of nitrogens with one attached hydrogen (secondary N) is 1. The van der Waals surface area contributed by atoms with E-state index in [4.69, 9.17) is 4.74 Å². The molecule has 0 heterocycles. The number of benzene rings is 1. The van der Waals surface area contributed by atoms with Crippen LogP contribution in [-0.4, -0.2) is 31.3 Å². The smallest absolute Gasteiger partial charge is 0.224 e. The fraction of sp³-hybridized carbons (Fsp3) is 0.588. The van der Waals surface area contributed by atoms with Crippen LogP contribution in [0.2, 0.25) is 0 Å². The van der Waals surface area contributed by atoms with Gasteiger partial charge < -0.3 is 15.2 Å². The number of rotatable bonds is 6. The second kappa shape index (κ2) is 7.46. The monoisotopic (exact) mass is 291 g/mol. The summed E-state index contributed by atoms with van der Waals surface area (Å²) in [6, 6.07) is 5.87. The number of aliphatic hydroxyl groups is 1. The van der Waals surface area contributed by atoms with Gasteiger partial charge in [0.05, 0.1) is 13.5 Å². The van der Waals surface area contributed by atoms with Gasteiger partial charge in [-0.2, -0.15) is 0 Å². The van der Waals surface area contributed by atoms with Crippen molar-refractivity contribution in [3.05, 3.63) is 29.3 Å². The molecule has 1 aromatic carbocycles. The van der Waals surface area contributed by atoms with Gasteiger partial charge in [-0.1, -0.05) is 24.1 Å². The maximum absolute atomic E-state index is 12.1. The molecule has 2 rings (SSSR count). The second-order valence-corrected chi connectivity index (χ2v) is 5.93. The summed E-state index contributed by atoms with van der Waals surface area (Å²) in [4.78, 5) is 12.1. The van der Waals surface area contributed by atoms with E-state index in [2.05, 4.69) is 5.32 Å². The Balaban J connectivity index is 1.88. The summed E-state index contributed by atoms with van der Waals surface area (Å²) in [5, 5.41) is 12.3. The minimum absolute atomic E-state index is 0.0162. The minimum atomic E-state index is 0.0162. The number of carbonyl (C=O) groups is 1. The van der Waals surface area contributed by atoms with Crippen LogP contribution in [0.4, 0.5) is 0 Å². The standard InChI is InChI=1S/C17H25NO3/c1-12-6-7-16(21-2)15(8-12)9-17(20)18-10-13-4-3-5-14(13)11-19/h6-8,13-14,19H,3-5,9-11H2,1-2H3,(H,18,20). The van der Waals surface area contributed by atoms with Gasteiger partial charge in [0.25, 0.3) is 0 Å². The number of hydrogen-bond donors (Lipinski definition) is 2. The molecule has 2 unspecified atom stereocenters. The predicted octanol–water partition coefficient (Wildman–Crippen LogP) is 2.07. The molecule has 1 saturated carbocycles. The quantitative estimate of drug-likeness (QED) is 0.843. The van der Waals surface area contributed by atoms with Gasteiger partial charge in [0.2, 0.25) is 5.91 Å². The molecule has 2 N–H and O–H groups in total. The molecule has 0 aromatic heterocycles. The van der Waals surface area contributed by atoms with E-state index in [1.54, 1.807) is 7.11 Å². The molecule has 0 radical (unpaired) electrons. The third kappa shape index (κ3) is 4.21. The van der Waals surface area contributed by atoms with Crippen molar-refractivity contribution in [1.29, 1.82) is 0 Å². The van der Waals surface area contributed by atoms with Gasteiger partial charge in [-0.15, -0.1) is 0 Å². The van der Waals surface area contributed by atoms with E-state index in [0.717, 1.165) is 36.1 Å². The van der Waals surface area contributed by atoms with Gasteiger partial charge in [0, 0.05) is 18.7 Å². The number of methoxy groups -OCH3 is 1. The van der Waals surface area contributed by atoms with E-state index in [0.29, 0.717) is 24.8 Å². The predicted molar refractivity (Wildman–Crippen MR) is 82.4 cm³/mol. The zero-order valence-electron chi connectivity index (χ0n) is 12.9. The molecule has 0 spiro atoms. The van der Waals surface area contributed by atoms with Crippen LogP contribution >= 0.6 is 0 Å². The van der Waals surface area contributed by atoms with Crippen molar-refractivity contribution in [2.75, 3.05) is 20.3 Å². The maximum Gasteiger partial charge on any atom is 0.224 e. The number of aryl methyl sites for hydroxylation is 1. The zero-order chi connectivity index (χ0) is 15.2. The average Bonchev–Trinajstić information content (AvgIpc) is 2.93. The number of amides is 1. The Kier molecular flexibility index (Phi) is 5.62. The van der Waals surface area contributed by atoms with Crippen molar-refractivity contribution in [3.63, 3.8) is 0 Å². The topological polar surface area (TPSA) is 58.6 Å². The fourth-order valence-corrected chi connectivity index (χ4v) is 3.15. The largest absolute Gasteiger partial charge is 0.496 e. The summed E-state index contributed by atoms with van der Waals surface area (Å²) in [6.07, 6.45) is 3.65. The van der Waals surface area contributed by atoms with Crippen molar-refractivity contribution in [2.24, 2.45) is 11.8 Å². The van der Waals surface area contributed by atoms with E-state index in [1.807, 2.05) is 25.1 Å². The van der Waals surface area contributed by atoms with Crippen LogP contribution in [0.5, 0.6) is 5.75 Å². The van der Waals surface area contributed by atoms with Crippen molar-refractivity contribution in [1.82, 2.24) is 5.32 Å². The summed E-state index contributed by atoms with van der Waals surface area (Å²) < 4.78 is 5.30. The van der Waals surface area contributed by atoms with Crippen LogP contribution in [0.3, 0.4) is 0 Å². The molecule has 1 fully saturated rings. The number of carbonyl (C=O) groups excluding carboxylic acids is 1. The van der Waals surface area contributed by atoms with E-state index in [9.17, 15) is 9.90 Å². The van der Waals surface area contributed by atoms with Crippen molar-refractivity contribution in [3.8, 4) is 5.75 Å². The highest BCUT2D eigenvalue weighted by atomic mass is 16.5. The van der Waals surface area contributed by atoms with Gasteiger partial charge in [-0.05, 0) is 37.7 Å². The first-order valence-electron chi connectivity index (χ1n) is 7.65. The van der Waals surface area contributed by atoms with E-state index in [1.165, 1.54) is 0 Å². The normalized spacial score (nSPS) is 21.3. The van der Waals surface area contributed by atoms with Gasteiger partial charge in [0.1, 0.15) is 5.75 Å². The molecule has 0 saturated heterocycles. The van der Waals surface area contributed by atoms with Crippen molar-refractivity contribution >= 4 is 5.91 Å². The lowest BCUT2D eigenvalue weighted by atomic mass is 9.97. The Morgan fingerprint density at radius 1 is 1.38 bits per heavy atom. The SMILES string of the molecule is COc1ccc(C)cc1CC(=O)NCC1CCCC1CO. The molecular formula is C17H25NO3. The first-order valence-corrected chi connectivity index (χ1v) is 7.65. The molecule has 21 heavy (non-hydrogen) atoms. The van der Waals surface area contributed by atoms with Gasteiger partial charge in [-0.25, -0.2) is 0 Å². The van der Waals surface area contributed by atoms with Crippen molar-refractivity contribution in [2.45, 2.75) is 32.6 Å². The van der Waals surface area contributed by atoms with Crippen molar-refractivity contribution < 1.29 is 14.6 Å². The van der Waals surface area contributed by atoms with E-state index < -0.39 is 0 Å². The lowest BCUT2D eigenvalue weighted by Gasteiger charge is -2.18. The first kappa shape index (κ1) is 15.8. The molecule has 1 amide bonds.